The topological polar surface area (TPSA) is 54.0 Å². The van der Waals surface area contributed by atoms with E-state index in [2.05, 4.69) is 27.5 Å². The molecule has 0 spiro atoms. The minimum absolute atomic E-state index is 0.0565. The molecule has 1 atom stereocenters. The van der Waals surface area contributed by atoms with Crippen LogP contribution in [0.5, 0.6) is 0 Å². The zero-order valence-corrected chi connectivity index (χ0v) is 14.3. The van der Waals surface area contributed by atoms with Crippen LogP contribution in [-0.2, 0) is 4.79 Å². The van der Waals surface area contributed by atoms with Crippen LogP contribution in [0.2, 0.25) is 0 Å². The van der Waals surface area contributed by atoms with Crippen LogP contribution in [0.25, 0.3) is 0 Å². The van der Waals surface area contributed by atoms with Crippen molar-refractivity contribution < 1.29 is 4.79 Å². The van der Waals surface area contributed by atoms with Crippen LogP contribution in [0, 0.1) is 23.2 Å². The number of aromatic nitrogens is 1. The summed E-state index contributed by atoms with van der Waals surface area (Å²) in [7, 11) is 0. The molecule has 2 N–H and O–H groups in total. The number of pyridine rings is 1. The molecule has 2 fully saturated rings. The van der Waals surface area contributed by atoms with Gasteiger partial charge >= 0.3 is 0 Å². The summed E-state index contributed by atoms with van der Waals surface area (Å²) >= 11 is 0. The molecule has 24 heavy (non-hydrogen) atoms. The van der Waals surface area contributed by atoms with Gasteiger partial charge in [0, 0.05) is 30.5 Å². The van der Waals surface area contributed by atoms with Gasteiger partial charge < -0.3 is 10.6 Å². The Balaban J connectivity index is 1.66. The molecular weight excluding hydrogens is 298 g/mol. The minimum Gasteiger partial charge on any atom is -0.325 e. The average molecular weight is 325 g/mol. The Morgan fingerprint density at radius 3 is 2.92 bits per heavy atom. The Morgan fingerprint density at radius 2 is 2.21 bits per heavy atom. The number of rotatable bonds is 3. The van der Waals surface area contributed by atoms with E-state index in [9.17, 15) is 4.79 Å². The lowest BCUT2D eigenvalue weighted by Gasteiger charge is -2.32. The number of hydrogen-bond donors (Lipinski definition) is 2. The van der Waals surface area contributed by atoms with Gasteiger partial charge in [0.1, 0.15) is 0 Å². The number of anilines is 1. The van der Waals surface area contributed by atoms with E-state index in [-0.39, 0.29) is 11.3 Å². The lowest BCUT2D eigenvalue weighted by Crippen LogP contribution is -2.31. The average Bonchev–Trinajstić information content (AvgIpc) is 2.62. The summed E-state index contributed by atoms with van der Waals surface area (Å²) in [6, 6.07) is 3.71. The second kappa shape index (κ2) is 8.30. The summed E-state index contributed by atoms with van der Waals surface area (Å²) in [6.07, 6.45) is 12.0. The van der Waals surface area contributed by atoms with Crippen LogP contribution < -0.4 is 10.6 Å². The summed E-state index contributed by atoms with van der Waals surface area (Å²) in [6.45, 7) is 2.10. The van der Waals surface area contributed by atoms with Gasteiger partial charge in [-0.1, -0.05) is 31.1 Å². The van der Waals surface area contributed by atoms with Crippen molar-refractivity contribution in [1.29, 1.82) is 0 Å². The molecule has 2 heterocycles. The zero-order valence-electron chi connectivity index (χ0n) is 14.3. The highest BCUT2D eigenvalue weighted by atomic mass is 16.1. The Kier molecular flexibility index (Phi) is 5.87. The van der Waals surface area contributed by atoms with Gasteiger partial charge in [-0.15, -0.1) is 0 Å². The maximum Gasteiger partial charge on any atom is 0.225 e. The van der Waals surface area contributed by atoms with Crippen LogP contribution in [0.4, 0.5) is 5.69 Å². The number of nitrogens with zero attached hydrogens (tertiary/aromatic N) is 1. The summed E-state index contributed by atoms with van der Waals surface area (Å²) in [5.41, 5.74) is 0.625. The number of nitrogens with one attached hydrogen (secondary N) is 2. The third-order valence-electron chi connectivity index (χ3n) is 5.09. The van der Waals surface area contributed by atoms with Crippen LogP contribution in [0.1, 0.15) is 51.4 Å². The highest BCUT2D eigenvalue weighted by Gasteiger charge is 2.33. The maximum atomic E-state index is 12.5. The Morgan fingerprint density at radius 1 is 1.33 bits per heavy atom. The van der Waals surface area contributed by atoms with Crippen molar-refractivity contribution in [3.63, 3.8) is 0 Å². The fourth-order valence-corrected chi connectivity index (χ4v) is 3.75. The third-order valence-corrected chi connectivity index (χ3v) is 5.09. The molecule has 1 saturated carbocycles. The molecule has 0 aromatic carbocycles. The maximum absolute atomic E-state index is 12.5. The van der Waals surface area contributed by atoms with Gasteiger partial charge in [-0.25, -0.2) is 0 Å². The van der Waals surface area contributed by atoms with Crippen molar-refractivity contribution in [3.8, 4) is 11.8 Å². The monoisotopic (exact) mass is 325 g/mol. The van der Waals surface area contributed by atoms with Gasteiger partial charge in [0.15, 0.2) is 0 Å². The highest BCUT2D eigenvalue weighted by molar-refractivity contribution is 5.91. The van der Waals surface area contributed by atoms with Gasteiger partial charge in [0.25, 0.3) is 0 Å². The molecule has 1 aromatic heterocycles. The van der Waals surface area contributed by atoms with Crippen LogP contribution >= 0.6 is 0 Å². The lowest BCUT2D eigenvalue weighted by atomic mass is 9.72. The van der Waals surface area contributed by atoms with E-state index in [0.29, 0.717) is 12.3 Å². The number of carbonyl (C=O) groups is 1. The predicted molar refractivity (Wildman–Crippen MR) is 96.4 cm³/mol. The largest absolute Gasteiger partial charge is 0.325 e. The fourth-order valence-electron chi connectivity index (χ4n) is 3.75. The van der Waals surface area contributed by atoms with Gasteiger partial charge in [0.05, 0.1) is 11.9 Å². The lowest BCUT2D eigenvalue weighted by molar-refractivity contribution is -0.118. The Hall–Kier alpha value is -1.86. The number of carbonyl (C=O) groups excluding carboxylic acids is 1. The van der Waals surface area contributed by atoms with E-state index < -0.39 is 0 Å². The molecule has 4 nitrogen and oxygen atoms in total. The molecule has 1 aliphatic heterocycles. The molecule has 1 aromatic rings. The molecule has 4 heteroatoms. The quantitative estimate of drug-likeness (QED) is 0.838. The van der Waals surface area contributed by atoms with Crippen LogP contribution in [0.3, 0.4) is 0 Å². The molecule has 0 bridgehead atoms. The molecular formula is C20H27N3O. The first-order valence-corrected chi connectivity index (χ1v) is 9.19. The van der Waals surface area contributed by atoms with Crippen molar-refractivity contribution in [1.82, 2.24) is 10.3 Å². The van der Waals surface area contributed by atoms with Crippen molar-refractivity contribution in [2.75, 3.05) is 18.4 Å². The van der Waals surface area contributed by atoms with Crippen LogP contribution in [0.15, 0.2) is 24.5 Å². The van der Waals surface area contributed by atoms with Gasteiger partial charge in [0.2, 0.25) is 5.91 Å². The normalized spacial score (nSPS) is 22.9. The molecule has 1 amide bonds. The van der Waals surface area contributed by atoms with Gasteiger partial charge in [-0.2, -0.15) is 0 Å². The summed E-state index contributed by atoms with van der Waals surface area (Å²) in [5.74, 6) is 7.55. The SMILES string of the molecule is O=C(CC1(C#CC2CCCNC2)CCCCC1)Nc1cccnc1. The summed E-state index contributed by atoms with van der Waals surface area (Å²) in [5, 5.41) is 6.39. The number of piperidine rings is 1. The fraction of sp³-hybridized carbons (Fsp3) is 0.600. The number of hydrogen-bond acceptors (Lipinski definition) is 3. The zero-order chi connectivity index (χ0) is 16.7. The Labute approximate surface area is 144 Å². The molecule has 1 aliphatic carbocycles. The summed E-state index contributed by atoms with van der Waals surface area (Å²) < 4.78 is 0. The second-order valence-electron chi connectivity index (χ2n) is 7.12. The highest BCUT2D eigenvalue weighted by Crippen LogP contribution is 2.39. The molecule has 1 saturated heterocycles. The molecule has 3 rings (SSSR count). The first kappa shape index (κ1) is 17.0. The smallest absolute Gasteiger partial charge is 0.225 e. The molecule has 128 valence electrons. The first-order chi connectivity index (χ1) is 11.8. The second-order valence-corrected chi connectivity index (χ2v) is 7.12. The molecule has 2 aliphatic rings. The van der Waals surface area contributed by atoms with E-state index in [1.807, 2.05) is 12.1 Å². The van der Waals surface area contributed by atoms with Gasteiger partial charge in [-0.05, 0) is 44.4 Å². The van der Waals surface area contributed by atoms with E-state index in [4.69, 9.17) is 0 Å². The van der Waals surface area contributed by atoms with Crippen molar-refractivity contribution in [3.05, 3.63) is 24.5 Å². The van der Waals surface area contributed by atoms with Crippen LogP contribution in [-0.4, -0.2) is 24.0 Å². The number of amides is 1. The van der Waals surface area contributed by atoms with E-state index in [1.54, 1.807) is 12.4 Å². The predicted octanol–water partition coefficient (Wildman–Crippen LogP) is 3.36. The van der Waals surface area contributed by atoms with E-state index in [1.165, 1.54) is 32.1 Å². The van der Waals surface area contributed by atoms with E-state index >= 15 is 0 Å². The van der Waals surface area contributed by atoms with Gasteiger partial charge in [-0.3, -0.25) is 9.78 Å². The van der Waals surface area contributed by atoms with Crippen molar-refractivity contribution in [2.45, 2.75) is 51.4 Å². The molecule has 1 unspecified atom stereocenters. The first-order valence-electron chi connectivity index (χ1n) is 9.19. The Bertz CT molecular complexity index is 590. The summed E-state index contributed by atoms with van der Waals surface area (Å²) in [4.78, 5) is 16.6. The van der Waals surface area contributed by atoms with Crippen molar-refractivity contribution in [2.24, 2.45) is 11.3 Å². The van der Waals surface area contributed by atoms with E-state index in [0.717, 1.165) is 31.6 Å². The third kappa shape index (κ3) is 4.82. The molecule has 0 radical (unpaired) electrons. The van der Waals surface area contributed by atoms with Crippen molar-refractivity contribution >= 4 is 11.6 Å². The minimum atomic E-state index is -0.137. The standard InChI is InChI=1S/C20H27N3O/c24-19(23-18-7-5-13-22-16-18)14-20(9-2-1-3-10-20)11-8-17-6-4-12-21-15-17/h5,7,13,16-17,21H,1-4,6,9-10,12,14-15H2,(H,23,24).